The van der Waals surface area contributed by atoms with Gasteiger partial charge in [0.15, 0.2) is 17.3 Å². The first-order valence-corrected chi connectivity index (χ1v) is 5.48. The van der Waals surface area contributed by atoms with Gasteiger partial charge in [0, 0.05) is 7.05 Å². The number of rotatable bonds is 5. The average Bonchev–Trinajstić information content (AvgIpc) is 2.74. The Kier molecular flexibility index (Phi) is 3.59. The van der Waals surface area contributed by atoms with Crippen LogP contribution < -0.4 is 9.47 Å². The van der Waals surface area contributed by atoms with Crippen molar-refractivity contribution in [2.24, 2.45) is 7.05 Å². The van der Waals surface area contributed by atoms with Gasteiger partial charge in [-0.05, 0) is 19.1 Å². The second-order valence-corrected chi connectivity index (χ2v) is 3.47. The molecule has 0 fully saturated rings. The topological polar surface area (TPSA) is 49.2 Å². The Morgan fingerprint density at radius 1 is 1.18 bits per heavy atom. The van der Waals surface area contributed by atoms with E-state index in [1.807, 2.05) is 38.2 Å². The second-order valence-electron chi connectivity index (χ2n) is 3.47. The molecule has 2 aromatic rings. The van der Waals surface area contributed by atoms with Crippen molar-refractivity contribution in [2.45, 2.75) is 13.5 Å². The van der Waals surface area contributed by atoms with Crippen LogP contribution >= 0.6 is 0 Å². The monoisotopic (exact) mass is 233 g/mol. The molecule has 17 heavy (non-hydrogen) atoms. The molecular formula is C12H15N3O2. The van der Waals surface area contributed by atoms with E-state index < -0.39 is 0 Å². The van der Waals surface area contributed by atoms with Crippen LogP contribution in [0.2, 0.25) is 0 Å². The average molecular weight is 233 g/mol. The van der Waals surface area contributed by atoms with Crippen molar-refractivity contribution < 1.29 is 9.47 Å². The van der Waals surface area contributed by atoms with Gasteiger partial charge in [0.25, 0.3) is 0 Å². The fourth-order valence-electron chi connectivity index (χ4n) is 1.44. The van der Waals surface area contributed by atoms with E-state index in [0.717, 1.165) is 17.3 Å². The lowest BCUT2D eigenvalue weighted by atomic mass is 10.3. The minimum absolute atomic E-state index is 0.376. The van der Waals surface area contributed by atoms with Crippen molar-refractivity contribution in [2.75, 3.05) is 6.61 Å². The molecule has 5 nitrogen and oxygen atoms in total. The van der Waals surface area contributed by atoms with E-state index >= 15 is 0 Å². The lowest BCUT2D eigenvalue weighted by Crippen LogP contribution is -2.05. The summed E-state index contributed by atoms with van der Waals surface area (Å²) in [6.45, 7) is 2.93. The minimum Gasteiger partial charge on any atom is -0.490 e. The molecule has 1 heterocycles. The molecule has 1 aromatic carbocycles. The maximum atomic E-state index is 5.67. The Balaban J connectivity index is 2.06. The molecule has 0 spiro atoms. The molecule has 0 atom stereocenters. The molecule has 5 heteroatoms. The summed E-state index contributed by atoms with van der Waals surface area (Å²) in [5, 5.41) is 3.98. The molecule has 0 aliphatic rings. The SMILES string of the molecule is CCOc1ccccc1OCc1ncnn1C. The van der Waals surface area contributed by atoms with Gasteiger partial charge >= 0.3 is 0 Å². The zero-order valence-electron chi connectivity index (χ0n) is 9.96. The fourth-order valence-corrected chi connectivity index (χ4v) is 1.44. The zero-order chi connectivity index (χ0) is 12.1. The van der Waals surface area contributed by atoms with Gasteiger partial charge in [-0.3, -0.25) is 4.68 Å². The molecule has 0 aliphatic carbocycles. The lowest BCUT2D eigenvalue weighted by molar-refractivity contribution is 0.259. The van der Waals surface area contributed by atoms with E-state index in [0.29, 0.717) is 13.2 Å². The Bertz CT molecular complexity index is 482. The molecule has 0 saturated carbocycles. The van der Waals surface area contributed by atoms with Crippen molar-refractivity contribution >= 4 is 0 Å². The van der Waals surface area contributed by atoms with Gasteiger partial charge in [-0.2, -0.15) is 5.10 Å². The molecule has 90 valence electrons. The van der Waals surface area contributed by atoms with Gasteiger partial charge in [-0.1, -0.05) is 12.1 Å². The van der Waals surface area contributed by atoms with Gasteiger partial charge in [0.05, 0.1) is 6.61 Å². The van der Waals surface area contributed by atoms with Crippen molar-refractivity contribution in [1.29, 1.82) is 0 Å². The standard InChI is InChI=1S/C12H15N3O2/c1-3-16-10-6-4-5-7-11(10)17-8-12-13-9-14-15(12)2/h4-7,9H,3,8H2,1-2H3. The highest BCUT2D eigenvalue weighted by Crippen LogP contribution is 2.26. The first-order valence-electron chi connectivity index (χ1n) is 5.48. The lowest BCUT2D eigenvalue weighted by Gasteiger charge is -2.10. The van der Waals surface area contributed by atoms with Crippen LogP contribution in [0.25, 0.3) is 0 Å². The van der Waals surface area contributed by atoms with E-state index in [9.17, 15) is 0 Å². The van der Waals surface area contributed by atoms with E-state index in [1.54, 1.807) is 4.68 Å². The Morgan fingerprint density at radius 3 is 2.47 bits per heavy atom. The summed E-state index contributed by atoms with van der Waals surface area (Å²) >= 11 is 0. The van der Waals surface area contributed by atoms with Crippen LogP contribution in [0.15, 0.2) is 30.6 Å². The first-order chi connectivity index (χ1) is 8.31. The summed E-state index contributed by atoms with van der Waals surface area (Å²) in [6, 6.07) is 7.59. The largest absolute Gasteiger partial charge is 0.490 e. The van der Waals surface area contributed by atoms with Crippen LogP contribution in [-0.2, 0) is 13.7 Å². The molecule has 0 amide bonds. The van der Waals surface area contributed by atoms with Crippen LogP contribution in [0, 0.1) is 0 Å². The molecule has 2 rings (SSSR count). The van der Waals surface area contributed by atoms with Crippen molar-refractivity contribution in [1.82, 2.24) is 14.8 Å². The molecule has 0 unspecified atom stereocenters. The predicted molar refractivity (Wildman–Crippen MR) is 62.9 cm³/mol. The quantitative estimate of drug-likeness (QED) is 0.790. The molecule has 0 saturated heterocycles. The van der Waals surface area contributed by atoms with Gasteiger partial charge < -0.3 is 9.47 Å². The fraction of sp³-hybridized carbons (Fsp3) is 0.333. The Hall–Kier alpha value is -2.04. The third-order valence-corrected chi connectivity index (χ3v) is 2.31. The maximum Gasteiger partial charge on any atom is 0.164 e. The minimum atomic E-state index is 0.376. The van der Waals surface area contributed by atoms with Crippen LogP contribution in [0.4, 0.5) is 0 Å². The van der Waals surface area contributed by atoms with Gasteiger partial charge in [0.2, 0.25) is 0 Å². The van der Waals surface area contributed by atoms with E-state index in [4.69, 9.17) is 9.47 Å². The summed E-state index contributed by atoms with van der Waals surface area (Å²) < 4.78 is 12.8. The summed E-state index contributed by atoms with van der Waals surface area (Å²) in [5.41, 5.74) is 0. The molecule has 0 radical (unpaired) electrons. The number of aryl methyl sites for hydroxylation is 1. The summed E-state index contributed by atoms with van der Waals surface area (Å²) in [7, 11) is 1.83. The van der Waals surface area contributed by atoms with Crippen molar-refractivity contribution in [3.05, 3.63) is 36.4 Å². The molecule has 0 bridgehead atoms. The smallest absolute Gasteiger partial charge is 0.164 e. The number of ether oxygens (including phenoxy) is 2. The molecular weight excluding hydrogens is 218 g/mol. The number of hydrogen-bond acceptors (Lipinski definition) is 4. The molecule has 0 aliphatic heterocycles. The van der Waals surface area contributed by atoms with Gasteiger partial charge in [0.1, 0.15) is 12.9 Å². The number of benzene rings is 1. The molecule has 1 aromatic heterocycles. The predicted octanol–water partition coefficient (Wildman–Crippen LogP) is 1.79. The summed E-state index contributed by atoms with van der Waals surface area (Å²) in [6.07, 6.45) is 1.51. The van der Waals surface area contributed by atoms with E-state index in [-0.39, 0.29) is 0 Å². The highest BCUT2D eigenvalue weighted by Gasteiger charge is 2.06. The van der Waals surface area contributed by atoms with E-state index in [1.165, 1.54) is 6.33 Å². The second kappa shape index (κ2) is 5.34. The van der Waals surface area contributed by atoms with Crippen molar-refractivity contribution in [3.8, 4) is 11.5 Å². The third-order valence-electron chi connectivity index (χ3n) is 2.31. The summed E-state index contributed by atoms with van der Waals surface area (Å²) in [5.74, 6) is 2.24. The number of nitrogens with zero attached hydrogens (tertiary/aromatic N) is 3. The normalized spacial score (nSPS) is 10.2. The Morgan fingerprint density at radius 2 is 1.88 bits per heavy atom. The van der Waals surface area contributed by atoms with Crippen LogP contribution in [-0.4, -0.2) is 21.4 Å². The zero-order valence-corrected chi connectivity index (χ0v) is 9.96. The van der Waals surface area contributed by atoms with E-state index in [2.05, 4.69) is 10.1 Å². The third kappa shape index (κ3) is 2.75. The Labute approximate surface area is 100 Å². The number of hydrogen-bond donors (Lipinski definition) is 0. The van der Waals surface area contributed by atoms with Crippen molar-refractivity contribution in [3.63, 3.8) is 0 Å². The maximum absolute atomic E-state index is 5.67. The van der Waals surface area contributed by atoms with Crippen LogP contribution in [0.5, 0.6) is 11.5 Å². The highest BCUT2D eigenvalue weighted by atomic mass is 16.5. The molecule has 0 N–H and O–H groups in total. The number of para-hydroxylation sites is 2. The van der Waals surface area contributed by atoms with Crippen LogP contribution in [0.3, 0.4) is 0 Å². The highest BCUT2D eigenvalue weighted by molar-refractivity contribution is 5.39. The van der Waals surface area contributed by atoms with Crippen LogP contribution in [0.1, 0.15) is 12.7 Å². The van der Waals surface area contributed by atoms with Gasteiger partial charge in [-0.15, -0.1) is 0 Å². The van der Waals surface area contributed by atoms with Gasteiger partial charge in [-0.25, -0.2) is 4.98 Å². The number of aromatic nitrogens is 3. The summed E-state index contributed by atoms with van der Waals surface area (Å²) in [4.78, 5) is 4.09. The first kappa shape index (κ1) is 11.4.